The van der Waals surface area contributed by atoms with Crippen LogP contribution in [-0.2, 0) is 11.2 Å². The van der Waals surface area contributed by atoms with Crippen molar-refractivity contribution in [1.29, 1.82) is 0 Å². The zero-order chi connectivity index (χ0) is 13.5. The van der Waals surface area contributed by atoms with E-state index in [1.54, 1.807) is 6.26 Å². The Morgan fingerprint density at radius 1 is 1.63 bits per heavy atom. The number of piperidine rings is 1. The molecule has 1 aliphatic heterocycles. The molecule has 2 unspecified atom stereocenters. The smallest absolute Gasteiger partial charge is 0.220 e. The Morgan fingerprint density at radius 2 is 2.53 bits per heavy atom. The predicted octanol–water partition coefficient (Wildman–Crippen LogP) is 2.11. The average Bonchev–Trinajstić information content (AvgIpc) is 2.90. The third kappa shape index (κ3) is 5.07. The van der Waals surface area contributed by atoms with Gasteiger partial charge in [0.05, 0.1) is 6.26 Å². The van der Waals surface area contributed by atoms with E-state index in [1.807, 2.05) is 12.1 Å². The van der Waals surface area contributed by atoms with Crippen molar-refractivity contribution < 1.29 is 9.21 Å². The summed E-state index contributed by atoms with van der Waals surface area (Å²) in [7, 11) is 0. The predicted molar refractivity (Wildman–Crippen MR) is 74.8 cm³/mol. The minimum absolute atomic E-state index is 0.181. The first-order valence-corrected chi connectivity index (χ1v) is 7.26. The molecular weight excluding hydrogens is 240 g/mol. The fourth-order valence-corrected chi connectivity index (χ4v) is 2.58. The van der Waals surface area contributed by atoms with Crippen LogP contribution in [0.4, 0.5) is 0 Å². The maximum atomic E-state index is 11.9. The Hall–Kier alpha value is -1.29. The molecule has 1 aliphatic rings. The molecule has 0 aliphatic carbocycles. The van der Waals surface area contributed by atoms with Crippen molar-refractivity contribution >= 4 is 5.91 Å². The quantitative estimate of drug-likeness (QED) is 0.827. The van der Waals surface area contributed by atoms with E-state index in [0.717, 1.165) is 31.7 Å². The molecular formula is C15H24N2O2. The maximum Gasteiger partial charge on any atom is 0.220 e. The van der Waals surface area contributed by atoms with E-state index in [0.29, 0.717) is 12.3 Å². The number of rotatable bonds is 6. The number of carbonyl (C=O) groups is 1. The molecule has 0 spiro atoms. The van der Waals surface area contributed by atoms with E-state index in [-0.39, 0.29) is 11.9 Å². The van der Waals surface area contributed by atoms with Gasteiger partial charge in [0, 0.05) is 18.9 Å². The number of nitrogens with one attached hydrogen (secondary N) is 2. The lowest BCUT2D eigenvalue weighted by Gasteiger charge is -2.23. The minimum Gasteiger partial charge on any atom is -0.469 e. The van der Waals surface area contributed by atoms with E-state index in [9.17, 15) is 4.79 Å². The van der Waals surface area contributed by atoms with Crippen molar-refractivity contribution in [2.75, 3.05) is 13.1 Å². The molecule has 0 aromatic carbocycles. The Morgan fingerprint density at radius 3 is 3.21 bits per heavy atom. The van der Waals surface area contributed by atoms with Crippen LogP contribution in [0, 0.1) is 5.92 Å². The van der Waals surface area contributed by atoms with Crippen molar-refractivity contribution in [1.82, 2.24) is 10.6 Å². The van der Waals surface area contributed by atoms with Crippen LogP contribution in [-0.4, -0.2) is 25.0 Å². The molecule has 0 saturated carbocycles. The van der Waals surface area contributed by atoms with Gasteiger partial charge in [-0.15, -0.1) is 0 Å². The van der Waals surface area contributed by atoms with Crippen molar-refractivity contribution in [3.8, 4) is 0 Å². The van der Waals surface area contributed by atoms with Gasteiger partial charge in [-0.25, -0.2) is 0 Å². The largest absolute Gasteiger partial charge is 0.469 e. The highest BCUT2D eigenvalue weighted by Gasteiger charge is 2.17. The van der Waals surface area contributed by atoms with Gasteiger partial charge in [0.25, 0.3) is 0 Å². The van der Waals surface area contributed by atoms with Crippen LogP contribution < -0.4 is 10.6 Å². The molecule has 1 amide bonds. The summed E-state index contributed by atoms with van der Waals surface area (Å²) < 4.78 is 5.29. The summed E-state index contributed by atoms with van der Waals surface area (Å²) in [5.74, 6) is 1.67. The molecule has 19 heavy (non-hydrogen) atoms. The molecule has 106 valence electrons. The fraction of sp³-hybridized carbons (Fsp3) is 0.667. The fourth-order valence-electron chi connectivity index (χ4n) is 2.58. The van der Waals surface area contributed by atoms with Crippen molar-refractivity contribution in [3.05, 3.63) is 24.2 Å². The van der Waals surface area contributed by atoms with Gasteiger partial charge in [-0.1, -0.05) is 0 Å². The molecule has 0 bridgehead atoms. The van der Waals surface area contributed by atoms with Crippen molar-refractivity contribution in [3.63, 3.8) is 0 Å². The van der Waals surface area contributed by atoms with Crippen LogP contribution in [0.3, 0.4) is 0 Å². The lowest BCUT2D eigenvalue weighted by atomic mass is 9.96. The third-order valence-corrected chi connectivity index (χ3v) is 3.68. The Labute approximate surface area is 114 Å². The van der Waals surface area contributed by atoms with Gasteiger partial charge in [0.15, 0.2) is 0 Å². The van der Waals surface area contributed by atoms with Gasteiger partial charge in [0.1, 0.15) is 5.76 Å². The first-order chi connectivity index (χ1) is 9.24. The van der Waals surface area contributed by atoms with E-state index in [4.69, 9.17) is 4.42 Å². The van der Waals surface area contributed by atoms with E-state index in [1.165, 1.54) is 12.8 Å². The van der Waals surface area contributed by atoms with E-state index < -0.39 is 0 Å². The number of amides is 1. The van der Waals surface area contributed by atoms with Crippen LogP contribution in [0.5, 0.6) is 0 Å². The number of aryl methyl sites for hydroxylation is 1. The summed E-state index contributed by atoms with van der Waals surface area (Å²) in [6, 6.07) is 4.07. The number of carbonyl (C=O) groups excluding carboxylic acids is 1. The van der Waals surface area contributed by atoms with Crippen LogP contribution in [0.25, 0.3) is 0 Å². The lowest BCUT2D eigenvalue weighted by Crippen LogP contribution is -2.37. The van der Waals surface area contributed by atoms with Crippen LogP contribution in [0.15, 0.2) is 22.8 Å². The minimum atomic E-state index is 0.181. The Kier molecular flexibility index (Phi) is 5.45. The molecule has 2 rings (SSSR count). The summed E-state index contributed by atoms with van der Waals surface area (Å²) in [4.78, 5) is 11.9. The second kappa shape index (κ2) is 7.34. The van der Waals surface area contributed by atoms with Gasteiger partial charge in [-0.2, -0.15) is 0 Å². The van der Waals surface area contributed by atoms with Gasteiger partial charge in [-0.3, -0.25) is 4.79 Å². The molecule has 4 nitrogen and oxygen atoms in total. The molecule has 1 aromatic heterocycles. The summed E-state index contributed by atoms with van der Waals surface area (Å²) in [5.41, 5.74) is 0. The third-order valence-electron chi connectivity index (χ3n) is 3.68. The number of hydrogen-bond acceptors (Lipinski definition) is 3. The lowest BCUT2D eigenvalue weighted by molar-refractivity contribution is -0.122. The van der Waals surface area contributed by atoms with E-state index >= 15 is 0 Å². The molecule has 0 radical (unpaired) electrons. The molecule has 1 fully saturated rings. The van der Waals surface area contributed by atoms with Crippen molar-refractivity contribution in [2.24, 2.45) is 5.92 Å². The highest BCUT2D eigenvalue weighted by molar-refractivity contribution is 5.76. The average molecular weight is 264 g/mol. The van der Waals surface area contributed by atoms with Gasteiger partial charge >= 0.3 is 0 Å². The van der Waals surface area contributed by atoms with Gasteiger partial charge in [0.2, 0.25) is 5.91 Å². The van der Waals surface area contributed by atoms with E-state index in [2.05, 4.69) is 17.6 Å². The zero-order valence-corrected chi connectivity index (χ0v) is 11.7. The standard InChI is InChI=1S/C15H24N2O2/c1-12(6-7-14-5-3-9-19-14)17-15(18)10-13-4-2-8-16-11-13/h3,5,9,12-13,16H,2,4,6-8,10-11H2,1H3,(H,17,18). The SMILES string of the molecule is CC(CCc1ccco1)NC(=O)CC1CCCNC1. The zero-order valence-electron chi connectivity index (χ0n) is 11.7. The number of furan rings is 1. The summed E-state index contributed by atoms with van der Waals surface area (Å²) in [5, 5.41) is 6.43. The molecule has 2 N–H and O–H groups in total. The molecule has 1 saturated heterocycles. The summed E-state index contributed by atoms with van der Waals surface area (Å²) in [6.07, 6.45) is 6.49. The second-order valence-electron chi connectivity index (χ2n) is 5.50. The molecule has 2 heterocycles. The van der Waals surface area contributed by atoms with Crippen molar-refractivity contribution in [2.45, 2.75) is 45.1 Å². The van der Waals surface area contributed by atoms with Gasteiger partial charge < -0.3 is 15.1 Å². The maximum absolute atomic E-state index is 11.9. The first-order valence-electron chi connectivity index (χ1n) is 7.26. The van der Waals surface area contributed by atoms with Crippen LogP contribution in [0.1, 0.15) is 38.4 Å². The highest BCUT2D eigenvalue weighted by atomic mass is 16.3. The second-order valence-corrected chi connectivity index (χ2v) is 5.50. The van der Waals surface area contributed by atoms with Crippen LogP contribution in [0.2, 0.25) is 0 Å². The summed E-state index contributed by atoms with van der Waals surface area (Å²) >= 11 is 0. The monoisotopic (exact) mass is 264 g/mol. The van der Waals surface area contributed by atoms with Crippen LogP contribution >= 0.6 is 0 Å². The van der Waals surface area contributed by atoms with Gasteiger partial charge in [-0.05, 0) is 57.3 Å². The molecule has 1 aromatic rings. The topological polar surface area (TPSA) is 54.3 Å². The first kappa shape index (κ1) is 14.1. The summed E-state index contributed by atoms with van der Waals surface area (Å²) in [6.45, 7) is 4.13. The molecule has 2 atom stereocenters. The normalized spacial score (nSPS) is 21.0. The highest BCUT2D eigenvalue weighted by Crippen LogP contribution is 2.14. The molecule has 4 heteroatoms. The Balaban J connectivity index is 1.63. The Bertz CT molecular complexity index is 370. The number of hydrogen-bond donors (Lipinski definition) is 2.